The number of methoxy groups -OCH3 is 3. The molecule has 0 saturated heterocycles. The van der Waals surface area contributed by atoms with Crippen LogP contribution < -0.4 is 4.74 Å². The van der Waals surface area contributed by atoms with Gasteiger partial charge in [-0.15, -0.1) is 0 Å². The van der Waals surface area contributed by atoms with Crippen LogP contribution in [0.15, 0.2) is 24.3 Å². The molecule has 0 unspecified atom stereocenters. The van der Waals surface area contributed by atoms with Crippen LogP contribution in [0.5, 0.6) is 5.75 Å². The first kappa shape index (κ1) is 18.9. The molecule has 0 aliphatic heterocycles. The van der Waals surface area contributed by atoms with Gasteiger partial charge in [0.15, 0.2) is 5.41 Å². The van der Waals surface area contributed by atoms with Crippen LogP contribution in [0.1, 0.15) is 22.4 Å². The lowest BCUT2D eigenvalue weighted by atomic mass is 9.84. The van der Waals surface area contributed by atoms with Crippen LogP contribution in [0.2, 0.25) is 0 Å². The van der Waals surface area contributed by atoms with Crippen molar-refractivity contribution in [3.8, 4) is 17.0 Å². The Kier molecular flexibility index (Phi) is 4.91. The summed E-state index contributed by atoms with van der Waals surface area (Å²) in [5.41, 5.74) is 4.07. The molecule has 27 heavy (non-hydrogen) atoms. The summed E-state index contributed by atoms with van der Waals surface area (Å²) in [7, 11) is 4.20. The Morgan fingerprint density at radius 1 is 0.926 bits per heavy atom. The van der Waals surface area contributed by atoms with Gasteiger partial charge in [-0.25, -0.2) is 0 Å². The molecule has 0 spiro atoms. The molecule has 2 aromatic rings. The first-order chi connectivity index (χ1) is 12.9. The Hall–Kier alpha value is -2.89. The fraction of sp³-hybridized carbons (Fsp3) is 0.381. The third kappa shape index (κ3) is 2.95. The van der Waals surface area contributed by atoms with Crippen LogP contribution in [-0.2, 0) is 31.9 Å². The normalized spacial score (nSPS) is 14.4. The average Bonchev–Trinajstić information content (AvgIpc) is 3.12. The van der Waals surface area contributed by atoms with Gasteiger partial charge < -0.3 is 14.2 Å². The van der Waals surface area contributed by atoms with Crippen molar-refractivity contribution in [2.45, 2.75) is 26.7 Å². The average molecular weight is 369 g/mol. The first-order valence-corrected chi connectivity index (χ1v) is 8.68. The summed E-state index contributed by atoms with van der Waals surface area (Å²) >= 11 is 0. The molecular formula is C21H23NO5. The van der Waals surface area contributed by atoms with E-state index in [0.717, 1.165) is 39.4 Å². The quantitative estimate of drug-likeness (QED) is 0.609. The van der Waals surface area contributed by atoms with E-state index in [9.17, 15) is 9.59 Å². The molecule has 0 bridgehead atoms. The second kappa shape index (κ2) is 7.02. The predicted octanol–water partition coefficient (Wildman–Crippen LogP) is 2.81. The minimum atomic E-state index is -1.35. The Morgan fingerprint density at radius 3 is 2.00 bits per heavy atom. The van der Waals surface area contributed by atoms with E-state index in [0.29, 0.717) is 0 Å². The van der Waals surface area contributed by atoms with E-state index in [1.807, 2.05) is 38.1 Å². The smallest absolute Gasteiger partial charge is 0.323 e. The summed E-state index contributed by atoms with van der Waals surface area (Å²) in [5, 5.41) is 0. The molecule has 0 saturated carbocycles. The van der Waals surface area contributed by atoms with Crippen LogP contribution in [0.4, 0.5) is 0 Å². The van der Waals surface area contributed by atoms with E-state index in [1.165, 1.54) is 14.2 Å². The van der Waals surface area contributed by atoms with E-state index in [-0.39, 0.29) is 12.8 Å². The minimum Gasteiger partial charge on any atom is -0.497 e. The lowest BCUT2D eigenvalue weighted by Crippen LogP contribution is -2.42. The van der Waals surface area contributed by atoms with E-state index < -0.39 is 17.4 Å². The molecule has 0 fully saturated rings. The van der Waals surface area contributed by atoms with Gasteiger partial charge in [-0.3, -0.25) is 14.6 Å². The summed E-state index contributed by atoms with van der Waals surface area (Å²) in [6.45, 7) is 3.87. The van der Waals surface area contributed by atoms with Crippen molar-refractivity contribution >= 4 is 11.9 Å². The number of fused-ring (bicyclic) bond motifs is 1. The van der Waals surface area contributed by atoms with Gasteiger partial charge in [-0.05, 0) is 54.8 Å². The van der Waals surface area contributed by atoms with Crippen molar-refractivity contribution in [2.75, 3.05) is 21.3 Å². The highest BCUT2D eigenvalue weighted by Gasteiger charge is 2.53. The third-order valence-corrected chi connectivity index (χ3v) is 5.36. The SMILES string of the molecule is COC(=O)C1(C(=O)OC)Cc2c(C)nc(-c3ccc(OC)cc3)c(C)c2C1. The van der Waals surface area contributed by atoms with E-state index in [1.54, 1.807) is 7.11 Å². The molecular weight excluding hydrogens is 346 g/mol. The van der Waals surface area contributed by atoms with E-state index in [2.05, 4.69) is 0 Å². The van der Waals surface area contributed by atoms with Crippen molar-refractivity contribution in [1.29, 1.82) is 0 Å². The zero-order valence-electron chi connectivity index (χ0n) is 16.2. The summed E-state index contributed by atoms with van der Waals surface area (Å²) < 4.78 is 15.1. The van der Waals surface area contributed by atoms with Gasteiger partial charge in [-0.1, -0.05) is 0 Å². The van der Waals surface area contributed by atoms with Gasteiger partial charge >= 0.3 is 11.9 Å². The standard InChI is InChI=1S/C21H23NO5/c1-12-16-10-21(19(23)26-4,20(24)27-5)11-17(16)13(2)22-18(12)14-6-8-15(25-3)9-7-14/h6-9H,10-11H2,1-5H3. The van der Waals surface area contributed by atoms with Crippen LogP contribution in [0, 0.1) is 19.3 Å². The number of aryl methyl sites for hydroxylation is 1. The number of nitrogens with zero attached hydrogens (tertiary/aromatic N) is 1. The Bertz CT molecular complexity index is 886. The van der Waals surface area contributed by atoms with Crippen LogP contribution in [-0.4, -0.2) is 38.3 Å². The van der Waals surface area contributed by atoms with Gasteiger partial charge in [-0.2, -0.15) is 0 Å². The second-order valence-corrected chi connectivity index (χ2v) is 6.78. The molecule has 142 valence electrons. The van der Waals surface area contributed by atoms with Crippen LogP contribution in [0.25, 0.3) is 11.3 Å². The molecule has 0 amide bonds. The summed E-state index contributed by atoms with van der Waals surface area (Å²) in [5.74, 6) is -0.379. The van der Waals surface area contributed by atoms with Crippen molar-refractivity contribution in [1.82, 2.24) is 4.98 Å². The van der Waals surface area contributed by atoms with Crippen molar-refractivity contribution in [3.63, 3.8) is 0 Å². The second-order valence-electron chi connectivity index (χ2n) is 6.78. The maximum atomic E-state index is 12.5. The highest BCUT2D eigenvalue weighted by atomic mass is 16.5. The maximum Gasteiger partial charge on any atom is 0.323 e. The van der Waals surface area contributed by atoms with Gasteiger partial charge in [0.05, 0.1) is 27.0 Å². The Labute approximate surface area is 158 Å². The van der Waals surface area contributed by atoms with Gasteiger partial charge in [0, 0.05) is 24.1 Å². The summed E-state index contributed by atoms with van der Waals surface area (Å²) in [4.78, 5) is 29.8. The molecule has 1 heterocycles. The van der Waals surface area contributed by atoms with Gasteiger partial charge in [0.25, 0.3) is 0 Å². The predicted molar refractivity (Wildman–Crippen MR) is 99.6 cm³/mol. The van der Waals surface area contributed by atoms with Crippen molar-refractivity contribution in [3.05, 3.63) is 46.6 Å². The largest absolute Gasteiger partial charge is 0.497 e. The number of carbonyl (C=O) groups is 2. The van der Waals surface area contributed by atoms with Gasteiger partial charge in [0.2, 0.25) is 0 Å². The number of ether oxygens (including phenoxy) is 3. The molecule has 1 aromatic heterocycles. The lowest BCUT2D eigenvalue weighted by molar-refractivity contribution is -0.168. The van der Waals surface area contributed by atoms with E-state index >= 15 is 0 Å². The number of rotatable bonds is 4. The number of carbonyl (C=O) groups excluding carboxylic acids is 2. The number of hydrogen-bond acceptors (Lipinski definition) is 6. The zero-order valence-corrected chi connectivity index (χ0v) is 16.2. The topological polar surface area (TPSA) is 74.7 Å². The Morgan fingerprint density at radius 2 is 1.48 bits per heavy atom. The number of benzene rings is 1. The third-order valence-electron chi connectivity index (χ3n) is 5.36. The zero-order chi connectivity index (χ0) is 19.8. The van der Waals surface area contributed by atoms with Crippen molar-refractivity contribution < 1.29 is 23.8 Å². The van der Waals surface area contributed by atoms with E-state index in [4.69, 9.17) is 19.2 Å². The summed E-state index contributed by atoms with van der Waals surface area (Å²) in [6.07, 6.45) is 0.490. The lowest BCUT2D eigenvalue weighted by Gasteiger charge is -2.22. The number of hydrogen-bond donors (Lipinski definition) is 0. The highest BCUT2D eigenvalue weighted by molar-refractivity contribution is 6.01. The molecule has 1 aromatic carbocycles. The maximum absolute atomic E-state index is 12.5. The van der Waals surface area contributed by atoms with Gasteiger partial charge in [0.1, 0.15) is 5.75 Å². The highest BCUT2D eigenvalue weighted by Crippen LogP contribution is 2.43. The van der Waals surface area contributed by atoms with Crippen LogP contribution >= 0.6 is 0 Å². The van der Waals surface area contributed by atoms with Crippen molar-refractivity contribution in [2.24, 2.45) is 5.41 Å². The molecule has 1 aliphatic carbocycles. The minimum absolute atomic E-state index is 0.240. The number of aromatic nitrogens is 1. The molecule has 3 rings (SSSR count). The molecule has 1 aliphatic rings. The number of esters is 2. The monoisotopic (exact) mass is 369 g/mol. The molecule has 6 heteroatoms. The first-order valence-electron chi connectivity index (χ1n) is 8.68. The van der Waals surface area contributed by atoms with Crippen LogP contribution in [0.3, 0.4) is 0 Å². The molecule has 0 atom stereocenters. The fourth-order valence-electron chi connectivity index (χ4n) is 3.84. The Balaban J connectivity index is 2.11. The summed E-state index contributed by atoms with van der Waals surface area (Å²) in [6, 6.07) is 7.66. The molecule has 0 N–H and O–H groups in total. The molecule has 6 nitrogen and oxygen atoms in total. The molecule has 0 radical (unpaired) electrons. The fourth-order valence-corrected chi connectivity index (χ4v) is 3.84. The number of pyridine rings is 1.